The van der Waals surface area contributed by atoms with E-state index in [2.05, 4.69) is 38.2 Å². The molecule has 0 bridgehead atoms. The molecule has 0 heterocycles. The second-order valence-electron chi connectivity index (χ2n) is 7.57. The number of benzene rings is 1. The molecule has 1 aromatic carbocycles. The molecule has 2 unspecified atom stereocenters. The van der Waals surface area contributed by atoms with Crippen LogP contribution in [0.1, 0.15) is 60.8 Å². The highest BCUT2D eigenvalue weighted by Gasteiger charge is 2.28. The van der Waals surface area contributed by atoms with Gasteiger partial charge in [-0.2, -0.15) is 0 Å². The van der Waals surface area contributed by atoms with Gasteiger partial charge in [-0.15, -0.1) is 0 Å². The van der Waals surface area contributed by atoms with Gasteiger partial charge in [0.05, 0.1) is 0 Å². The number of hydrogen-bond donors (Lipinski definition) is 1. The molecular weight excluding hydrogens is 254 g/mol. The Morgan fingerprint density at radius 1 is 0.905 bits per heavy atom. The van der Waals surface area contributed by atoms with Crippen molar-refractivity contribution in [2.45, 2.75) is 71.8 Å². The summed E-state index contributed by atoms with van der Waals surface area (Å²) < 4.78 is 0. The van der Waals surface area contributed by atoms with Gasteiger partial charge in [-0.25, -0.2) is 0 Å². The van der Waals surface area contributed by atoms with Crippen LogP contribution in [0.15, 0.2) is 12.1 Å². The standard InChI is InChI=1S/C20H31N/c1-14-10-15(2)20(16(3)11-14)12-17-6-4-5-7-18(17)13-21-19-8-9-19/h10-11,17-19,21H,4-9,12-13H2,1-3H3. The van der Waals surface area contributed by atoms with E-state index in [-0.39, 0.29) is 0 Å². The van der Waals surface area contributed by atoms with Crippen LogP contribution < -0.4 is 5.32 Å². The molecule has 21 heavy (non-hydrogen) atoms. The smallest absolute Gasteiger partial charge is 0.00683 e. The van der Waals surface area contributed by atoms with Gasteiger partial charge in [-0.1, -0.05) is 30.5 Å². The molecule has 3 rings (SSSR count). The normalized spacial score (nSPS) is 26.0. The predicted octanol–water partition coefficient (Wildman–Crippen LogP) is 4.71. The third kappa shape index (κ3) is 3.88. The van der Waals surface area contributed by atoms with Crippen molar-refractivity contribution in [1.29, 1.82) is 0 Å². The molecule has 1 nitrogen and oxygen atoms in total. The summed E-state index contributed by atoms with van der Waals surface area (Å²) in [6.07, 6.45) is 9.88. The van der Waals surface area contributed by atoms with Crippen LogP contribution in [0, 0.1) is 32.6 Å². The Morgan fingerprint density at radius 2 is 1.52 bits per heavy atom. The van der Waals surface area contributed by atoms with Crippen molar-refractivity contribution < 1.29 is 0 Å². The maximum absolute atomic E-state index is 3.78. The fourth-order valence-corrected chi connectivity index (χ4v) is 4.22. The van der Waals surface area contributed by atoms with Crippen molar-refractivity contribution in [2.75, 3.05) is 6.54 Å². The lowest BCUT2D eigenvalue weighted by Crippen LogP contribution is -2.33. The lowest BCUT2D eigenvalue weighted by molar-refractivity contribution is 0.227. The maximum Gasteiger partial charge on any atom is 0.00683 e. The molecule has 1 N–H and O–H groups in total. The third-order valence-corrected chi connectivity index (χ3v) is 5.62. The summed E-state index contributed by atoms with van der Waals surface area (Å²) in [5.41, 5.74) is 6.05. The predicted molar refractivity (Wildman–Crippen MR) is 90.8 cm³/mol. The molecule has 0 spiro atoms. The molecule has 0 radical (unpaired) electrons. The number of aryl methyl sites for hydroxylation is 3. The van der Waals surface area contributed by atoms with Crippen molar-refractivity contribution in [2.24, 2.45) is 11.8 Å². The summed E-state index contributed by atoms with van der Waals surface area (Å²) in [6.45, 7) is 8.08. The zero-order valence-corrected chi connectivity index (χ0v) is 14.0. The SMILES string of the molecule is Cc1cc(C)c(CC2CCCCC2CNC2CC2)c(C)c1. The number of rotatable bonds is 5. The van der Waals surface area contributed by atoms with Crippen LogP contribution in [0.3, 0.4) is 0 Å². The van der Waals surface area contributed by atoms with E-state index in [4.69, 9.17) is 0 Å². The van der Waals surface area contributed by atoms with Crippen LogP contribution in [-0.4, -0.2) is 12.6 Å². The van der Waals surface area contributed by atoms with Crippen LogP contribution in [0.4, 0.5) is 0 Å². The van der Waals surface area contributed by atoms with Gasteiger partial charge in [0.25, 0.3) is 0 Å². The average Bonchev–Trinajstić information content (AvgIpc) is 3.25. The zero-order valence-electron chi connectivity index (χ0n) is 14.0. The molecule has 2 aliphatic rings. The Kier molecular flexibility index (Phi) is 4.69. The highest BCUT2D eigenvalue weighted by Crippen LogP contribution is 2.34. The monoisotopic (exact) mass is 285 g/mol. The van der Waals surface area contributed by atoms with E-state index in [0.717, 1.165) is 17.9 Å². The first-order valence-corrected chi connectivity index (χ1v) is 8.93. The fraction of sp³-hybridized carbons (Fsp3) is 0.700. The first-order chi connectivity index (χ1) is 10.1. The van der Waals surface area contributed by atoms with Gasteiger partial charge in [0.2, 0.25) is 0 Å². The van der Waals surface area contributed by atoms with Crippen LogP contribution in [0.5, 0.6) is 0 Å². The molecule has 0 aliphatic heterocycles. The molecule has 2 aliphatic carbocycles. The van der Waals surface area contributed by atoms with Crippen molar-refractivity contribution in [3.8, 4) is 0 Å². The lowest BCUT2D eigenvalue weighted by atomic mass is 9.75. The van der Waals surface area contributed by atoms with E-state index in [0.29, 0.717) is 0 Å². The minimum absolute atomic E-state index is 0.857. The fourth-order valence-electron chi connectivity index (χ4n) is 4.22. The summed E-state index contributed by atoms with van der Waals surface area (Å²) in [5.74, 6) is 1.80. The average molecular weight is 285 g/mol. The highest BCUT2D eigenvalue weighted by atomic mass is 14.9. The Morgan fingerprint density at radius 3 is 2.14 bits per heavy atom. The van der Waals surface area contributed by atoms with Crippen LogP contribution >= 0.6 is 0 Å². The molecule has 1 aromatic rings. The summed E-state index contributed by atoms with van der Waals surface area (Å²) in [6, 6.07) is 5.58. The Labute approximate surface area is 130 Å². The molecule has 0 amide bonds. The van der Waals surface area contributed by atoms with Crippen molar-refractivity contribution in [3.63, 3.8) is 0 Å². The van der Waals surface area contributed by atoms with Gasteiger partial charge in [0.1, 0.15) is 0 Å². The molecule has 2 fully saturated rings. The zero-order chi connectivity index (χ0) is 14.8. The van der Waals surface area contributed by atoms with Gasteiger partial charge in [0, 0.05) is 6.04 Å². The second kappa shape index (κ2) is 6.52. The Bertz CT molecular complexity index is 464. The molecular formula is C20H31N. The number of hydrogen-bond acceptors (Lipinski definition) is 1. The van der Waals surface area contributed by atoms with E-state index >= 15 is 0 Å². The highest BCUT2D eigenvalue weighted by molar-refractivity contribution is 5.37. The third-order valence-electron chi connectivity index (χ3n) is 5.62. The van der Waals surface area contributed by atoms with E-state index in [9.17, 15) is 0 Å². The van der Waals surface area contributed by atoms with E-state index < -0.39 is 0 Å². The second-order valence-corrected chi connectivity index (χ2v) is 7.57. The van der Waals surface area contributed by atoms with E-state index in [1.54, 1.807) is 5.56 Å². The van der Waals surface area contributed by atoms with Gasteiger partial charge < -0.3 is 5.32 Å². The van der Waals surface area contributed by atoms with Crippen LogP contribution in [0.2, 0.25) is 0 Å². The summed E-state index contributed by atoms with van der Waals surface area (Å²) in [5, 5.41) is 3.78. The molecule has 0 aromatic heterocycles. The first-order valence-electron chi connectivity index (χ1n) is 8.93. The van der Waals surface area contributed by atoms with E-state index in [1.165, 1.54) is 68.2 Å². The topological polar surface area (TPSA) is 12.0 Å². The van der Waals surface area contributed by atoms with E-state index in [1.807, 2.05) is 0 Å². The minimum Gasteiger partial charge on any atom is -0.314 e. The van der Waals surface area contributed by atoms with Crippen LogP contribution in [-0.2, 0) is 6.42 Å². The molecule has 116 valence electrons. The minimum atomic E-state index is 0.857. The largest absolute Gasteiger partial charge is 0.314 e. The van der Waals surface area contributed by atoms with Gasteiger partial charge in [-0.05, 0) is 87.9 Å². The summed E-state index contributed by atoms with van der Waals surface area (Å²) >= 11 is 0. The van der Waals surface area contributed by atoms with Gasteiger partial charge in [-0.3, -0.25) is 0 Å². The Balaban J connectivity index is 1.68. The summed E-state index contributed by atoms with van der Waals surface area (Å²) in [7, 11) is 0. The Hall–Kier alpha value is -0.820. The van der Waals surface area contributed by atoms with Crippen molar-refractivity contribution in [1.82, 2.24) is 5.32 Å². The van der Waals surface area contributed by atoms with Gasteiger partial charge in [0.15, 0.2) is 0 Å². The van der Waals surface area contributed by atoms with Crippen LogP contribution in [0.25, 0.3) is 0 Å². The molecule has 1 heteroatoms. The summed E-state index contributed by atoms with van der Waals surface area (Å²) in [4.78, 5) is 0. The van der Waals surface area contributed by atoms with Crippen molar-refractivity contribution >= 4 is 0 Å². The quantitative estimate of drug-likeness (QED) is 0.826. The molecule has 2 atom stereocenters. The van der Waals surface area contributed by atoms with Crippen molar-refractivity contribution in [3.05, 3.63) is 34.4 Å². The first kappa shape index (κ1) is 15.1. The molecule has 2 saturated carbocycles. The maximum atomic E-state index is 3.78. The molecule has 0 saturated heterocycles. The number of nitrogens with one attached hydrogen (secondary N) is 1. The lowest BCUT2D eigenvalue weighted by Gasteiger charge is -2.33. The van der Waals surface area contributed by atoms with Gasteiger partial charge >= 0.3 is 0 Å².